The van der Waals surface area contributed by atoms with E-state index < -0.39 is 9.84 Å². The number of fused-ring (bicyclic) bond motifs is 1. The van der Waals surface area contributed by atoms with Crippen LogP contribution in [0.5, 0.6) is 0 Å². The van der Waals surface area contributed by atoms with Crippen molar-refractivity contribution in [2.24, 2.45) is 0 Å². The lowest BCUT2D eigenvalue weighted by molar-refractivity contribution is 0.597. The predicted octanol–water partition coefficient (Wildman–Crippen LogP) is 3.38. The van der Waals surface area contributed by atoms with Crippen LogP contribution in [0.25, 0.3) is 16.7 Å². The molecule has 0 aliphatic carbocycles. The molecule has 2 aromatic carbocycles. The molecule has 136 valence electrons. The third-order valence-electron chi connectivity index (χ3n) is 4.02. The molecule has 0 radical (unpaired) electrons. The predicted molar refractivity (Wildman–Crippen MR) is 106 cm³/mol. The summed E-state index contributed by atoms with van der Waals surface area (Å²) >= 11 is 1.40. The molecule has 27 heavy (non-hydrogen) atoms. The van der Waals surface area contributed by atoms with Crippen LogP contribution in [0, 0.1) is 0 Å². The first kappa shape index (κ1) is 17.7. The number of hydrogen-bond donors (Lipinski definition) is 0. The van der Waals surface area contributed by atoms with Crippen molar-refractivity contribution >= 4 is 32.6 Å². The molecule has 4 aromatic rings. The van der Waals surface area contributed by atoms with Gasteiger partial charge < -0.3 is 0 Å². The first-order chi connectivity index (χ1) is 13.1. The molecule has 0 unspecified atom stereocenters. The van der Waals surface area contributed by atoms with E-state index in [1.165, 1.54) is 18.1 Å². The van der Waals surface area contributed by atoms with Crippen LogP contribution in [0.1, 0.15) is 0 Å². The lowest BCUT2D eigenvalue weighted by Gasteiger charge is -2.05. The zero-order valence-corrected chi connectivity index (χ0v) is 15.9. The highest BCUT2D eigenvalue weighted by Crippen LogP contribution is 2.26. The molecule has 2 aromatic heterocycles. The van der Waals surface area contributed by atoms with Gasteiger partial charge in [-0.3, -0.25) is 0 Å². The molecule has 2 heterocycles. The Morgan fingerprint density at radius 2 is 1.63 bits per heavy atom. The van der Waals surface area contributed by atoms with Crippen LogP contribution in [0.2, 0.25) is 0 Å². The summed E-state index contributed by atoms with van der Waals surface area (Å²) in [7, 11) is -3.31. The standard InChI is InChI=1S/C19H16N4O2S2/c24-27(25,16-9-5-2-6-10-16)12-11-26-19-17-13-22-23(18(17)20-14-21-19)15-7-3-1-4-8-15/h1-10,13-14H,11-12H2. The Morgan fingerprint density at radius 3 is 2.37 bits per heavy atom. The molecule has 0 aliphatic rings. The molecular formula is C19H16N4O2S2. The van der Waals surface area contributed by atoms with Gasteiger partial charge in [0.2, 0.25) is 0 Å². The number of sulfone groups is 1. The van der Waals surface area contributed by atoms with Crippen molar-refractivity contribution in [1.82, 2.24) is 19.7 Å². The molecular weight excluding hydrogens is 380 g/mol. The van der Waals surface area contributed by atoms with E-state index in [1.807, 2.05) is 30.3 Å². The molecule has 0 saturated carbocycles. The van der Waals surface area contributed by atoms with Crippen LogP contribution in [0.4, 0.5) is 0 Å². The third kappa shape index (κ3) is 3.72. The van der Waals surface area contributed by atoms with Gasteiger partial charge in [-0.2, -0.15) is 5.10 Å². The summed E-state index contributed by atoms with van der Waals surface area (Å²) < 4.78 is 26.6. The van der Waals surface area contributed by atoms with Crippen LogP contribution in [0.3, 0.4) is 0 Å². The fourth-order valence-electron chi connectivity index (χ4n) is 2.69. The average Bonchev–Trinajstić information content (AvgIpc) is 3.14. The van der Waals surface area contributed by atoms with E-state index in [-0.39, 0.29) is 5.75 Å². The van der Waals surface area contributed by atoms with E-state index in [1.54, 1.807) is 41.2 Å². The summed E-state index contributed by atoms with van der Waals surface area (Å²) in [6, 6.07) is 18.2. The van der Waals surface area contributed by atoms with Crippen molar-refractivity contribution in [3.05, 3.63) is 73.2 Å². The van der Waals surface area contributed by atoms with Gasteiger partial charge in [-0.05, 0) is 24.3 Å². The van der Waals surface area contributed by atoms with Gasteiger partial charge in [0, 0.05) is 5.75 Å². The molecule has 0 fully saturated rings. The molecule has 0 bridgehead atoms. The highest BCUT2D eigenvalue weighted by molar-refractivity contribution is 8.00. The average molecular weight is 396 g/mol. The van der Waals surface area contributed by atoms with Crippen LogP contribution in [-0.4, -0.2) is 39.7 Å². The van der Waals surface area contributed by atoms with Crippen LogP contribution >= 0.6 is 11.8 Å². The van der Waals surface area contributed by atoms with E-state index in [0.717, 1.165) is 16.1 Å². The maximum atomic E-state index is 12.4. The van der Waals surface area contributed by atoms with E-state index in [9.17, 15) is 8.42 Å². The molecule has 0 N–H and O–H groups in total. The van der Waals surface area contributed by atoms with Gasteiger partial charge in [0.15, 0.2) is 15.5 Å². The maximum absolute atomic E-state index is 12.4. The van der Waals surface area contributed by atoms with E-state index >= 15 is 0 Å². The first-order valence-corrected chi connectivity index (χ1v) is 10.9. The molecule has 8 heteroatoms. The molecule has 4 rings (SSSR count). The summed E-state index contributed by atoms with van der Waals surface area (Å²) in [6.07, 6.45) is 3.20. The van der Waals surface area contributed by atoms with Gasteiger partial charge in [0.05, 0.1) is 27.9 Å². The number of aromatic nitrogens is 4. The van der Waals surface area contributed by atoms with Crippen molar-refractivity contribution < 1.29 is 8.42 Å². The van der Waals surface area contributed by atoms with Crippen LogP contribution in [0.15, 0.2) is 83.1 Å². The number of nitrogens with zero attached hydrogens (tertiary/aromatic N) is 4. The SMILES string of the molecule is O=S(=O)(CCSc1ncnc2c1cnn2-c1ccccc1)c1ccccc1. The van der Waals surface area contributed by atoms with Gasteiger partial charge in [-0.1, -0.05) is 36.4 Å². The number of rotatable bonds is 6. The molecule has 0 aliphatic heterocycles. The molecule has 6 nitrogen and oxygen atoms in total. The Balaban J connectivity index is 1.54. The Labute approximate surface area is 161 Å². The number of hydrogen-bond acceptors (Lipinski definition) is 6. The highest BCUT2D eigenvalue weighted by Gasteiger charge is 2.16. The van der Waals surface area contributed by atoms with Crippen LogP contribution in [-0.2, 0) is 9.84 Å². The zero-order valence-electron chi connectivity index (χ0n) is 14.3. The van der Waals surface area contributed by atoms with Gasteiger partial charge in [-0.15, -0.1) is 11.8 Å². The minimum absolute atomic E-state index is 0.0417. The smallest absolute Gasteiger partial charge is 0.179 e. The molecule has 0 amide bonds. The van der Waals surface area contributed by atoms with E-state index in [4.69, 9.17) is 0 Å². The summed E-state index contributed by atoms with van der Waals surface area (Å²) in [6.45, 7) is 0. The quantitative estimate of drug-likeness (QED) is 0.367. The minimum Gasteiger partial charge on any atom is -0.229 e. The van der Waals surface area contributed by atoms with Gasteiger partial charge >= 0.3 is 0 Å². The van der Waals surface area contributed by atoms with Gasteiger partial charge in [0.1, 0.15) is 11.4 Å². The Morgan fingerprint density at radius 1 is 0.926 bits per heavy atom. The fourth-order valence-corrected chi connectivity index (χ4v) is 5.32. The zero-order chi connectivity index (χ0) is 18.7. The normalized spacial score (nSPS) is 11.7. The summed E-state index contributed by atoms with van der Waals surface area (Å²) in [4.78, 5) is 8.99. The molecule has 0 saturated heterocycles. The fraction of sp³-hybridized carbons (Fsp3) is 0.105. The molecule has 0 spiro atoms. The summed E-state index contributed by atoms with van der Waals surface area (Å²) in [5, 5.41) is 5.95. The van der Waals surface area contributed by atoms with E-state index in [2.05, 4.69) is 15.1 Å². The van der Waals surface area contributed by atoms with E-state index in [0.29, 0.717) is 16.3 Å². The summed E-state index contributed by atoms with van der Waals surface area (Å²) in [5.74, 6) is 0.444. The number of thioether (sulfide) groups is 1. The van der Waals surface area contributed by atoms with Gasteiger partial charge in [0.25, 0.3) is 0 Å². The van der Waals surface area contributed by atoms with Crippen molar-refractivity contribution in [1.29, 1.82) is 0 Å². The van der Waals surface area contributed by atoms with Gasteiger partial charge in [-0.25, -0.2) is 23.1 Å². The lowest BCUT2D eigenvalue weighted by Crippen LogP contribution is -2.08. The number of para-hydroxylation sites is 1. The second-order valence-electron chi connectivity index (χ2n) is 5.79. The molecule has 0 atom stereocenters. The summed E-state index contributed by atoms with van der Waals surface area (Å²) in [5.41, 5.74) is 1.61. The Hall–Kier alpha value is -2.71. The lowest BCUT2D eigenvalue weighted by atomic mass is 10.3. The second-order valence-corrected chi connectivity index (χ2v) is 8.98. The van der Waals surface area contributed by atoms with Crippen LogP contribution < -0.4 is 0 Å². The second kappa shape index (κ2) is 7.50. The first-order valence-electron chi connectivity index (χ1n) is 8.30. The maximum Gasteiger partial charge on any atom is 0.179 e. The van der Waals surface area contributed by atoms with Crippen molar-refractivity contribution in [3.63, 3.8) is 0 Å². The number of benzene rings is 2. The third-order valence-corrected chi connectivity index (χ3v) is 7.02. The highest BCUT2D eigenvalue weighted by atomic mass is 32.2. The Kier molecular flexibility index (Phi) is 4.91. The van der Waals surface area contributed by atoms with Crippen molar-refractivity contribution in [3.8, 4) is 5.69 Å². The largest absolute Gasteiger partial charge is 0.229 e. The Bertz CT molecular complexity index is 1160. The van der Waals surface area contributed by atoms with Crippen molar-refractivity contribution in [2.45, 2.75) is 9.92 Å². The topological polar surface area (TPSA) is 77.7 Å². The minimum atomic E-state index is -3.31. The monoisotopic (exact) mass is 396 g/mol. The van der Waals surface area contributed by atoms with Crippen molar-refractivity contribution in [2.75, 3.05) is 11.5 Å².